The number of hydrogen-bond acceptors (Lipinski definition) is 2. The molecule has 2 N–H and O–H groups in total. The van der Waals surface area contributed by atoms with E-state index in [1.54, 1.807) is 0 Å². The van der Waals surface area contributed by atoms with Crippen LogP contribution in [-0.4, -0.2) is 38.3 Å². The summed E-state index contributed by atoms with van der Waals surface area (Å²) in [5.41, 5.74) is 2.65. The number of benzene rings is 1. The molecule has 4 nitrogen and oxygen atoms in total. The molecule has 1 fully saturated rings. The third-order valence-corrected chi connectivity index (χ3v) is 3.65. The molecule has 0 spiro atoms. The van der Waals surface area contributed by atoms with E-state index < -0.39 is 0 Å². The van der Waals surface area contributed by atoms with E-state index in [4.69, 9.17) is 4.74 Å². The maximum atomic E-state index is 5.60. The van der Waals surface area contributed by atoms with Crippen molar-refractivity contribution >= 4 is 29.9 Å². The Labute approximate surface area is 151 Å². The van der Waals surface area contributed by atoms with E-state index in [-0.39, 0.29) is 24.0 Å². The third kappa shape index (κ3) is 6.96. The lowest BCUT2D eigenvalue weighted by Gasteiger charge is -2.13. The van der Waals surface area contributed by atoms with Gasteiger partial charge in [0.05, 0.1) is 12.6 Å². The average Bonchev–Trinajstić information content (AvgIpc) is 3.00. The number of hydrogen-bond donors (Lipinski definition) is 2. The fourth-order valence-electron chi connectivity index (χ4n) is 2.40. The van der Waals surface area contributed by atoms with Gasteiger partial charge in [0, 0.05) is 19.7 Å². The van der Waals surface area contributed by atoms with Gasteiger partial charge in [-0.3, -0.25) is 4.99 Å². The van der Waals surface area contributed by atoms with Crippen molar-refractivity contribution in [3.05, 3.63) is 35.4 Å². The van der Waals surface area contributed by atoms with Crippen molar-refractivity contribution in [2.24, 2.45) is 4.99 Å². The molecule has 1 aromatic carbocycles. The van der Waals surface area contributed by atoms with Gasteiger partial charge < -0.3 is 15.4 Å². The normalized spacial score (nSPS) is 17.9. The monoisotopic (exact) mass is 417 g/mol. The van der Waals surface area contributed by atoms with Crippen LogP contribution in [0.1, 0.15) is 30.9 Å². The van der Waals surface area contributed by atoms with Gasteiger partial charge in [0.15, 0.2) is 5.96 Å². The van der Waals surface area contributed by atoms with Crippen LogP contribution in [0.2, 0.25) is 0 Å². The molecular formula is C17H28IN3O. The maximum absolute atomic E-state index is 5.60. The highest BCUT2D eigenvalue weighted by atomic mass is 127. The number of guanidine groups is 1. The zero-order valence-electron chi connectivity index (χ0n) is 13.6. The van der Waals surface area contributed by atoms with Crippen LogP contribution < -0.4 is 10.6 Å². The van der Waals surface area contributed by atoms with Crippen LogP contribution in [0.3, 0.4) is 0 Å². The van der Waals surface area contributed by atoms with E-state index >= 15 is 0 Å². The standard InChI is InChI=1S/C17H27N3O.HI/c1-3-18-17(20-13-16-5-4-12-21-16)19-11-10-15-8-6-14(2)7-9-15;/h6-9,16H,3-5,10-13H2,1-2H3,(H2,18,19,20);1H. The highest BCUT2D eigenvalue weighted by Crippen LogP contribution is 2.11. The van der Waals surface area contributed by atoms with Crippen molar-refractivity contribution in [3.63, 3.8) is 0 Å². The molecule has 1 aromatic rings. The lowest BCUT2D eigenvalue weighted by atomic mass is 10.1. The lowest BCUT2D eigenvalue weighted by Crippen LogP contribution is -2.38. The summed E-state index contributed by atoms with van der Waals surface area (Å²) in [6.45, 7) is 7.60. The Kier molecular flexibility index (Phi) is 9.47. The van der Waals surface area contributed by atoms with Crippen molar-refractivity contribution < 1.29 is 4.74 Å². The predicted molar refractivity (Wildman–Crippen MR) is 103 cm³/mol. The van der Waals surface area contributed by atoms with Crippen LogP contribution in [0.25, 0.3) is 0 Å². The summed E-state index contributed by atoms with van der Waals surface area (Å²) >= 11 is 0. The summed E-state index contributed by atoms with van der Waals surface area (Å²) < 4.78 is 5.60. The molecule has 1 aliphatic rings. The van der Waals surface area contributed by atoms with Gasteiger partial charge >= 0.3 is 0 Å². The first kappa shape index (κ1) is 19.2. The summed E-state index contributed by atoms with van der Waals surface area (Å²) in [4.78, 5) is 4.61. The number of nitrogens with one attached hydrogen (secondary N) is 2. The number of ether oxygens (including phenoxy) is 1. The highest BCUT2D eigenvalue weighted by molar-refractivity contribution is 14.0. The van der Waals surface area contributed by atoms with Crippen LogP contribution in [0.4, 0.5) is 0 Å². The minimum absolute atomic E-state index is 0. The van der Waals surface area contributed by atoms with Gasteiger partial charge in [0.25, 0.3) is 0 Å². The van der Waals surface area contributed by atoms with Gasteiger partial charge in [-0.15, -0.1) is 24.0 Å². The summed E-state index contributed by atoms with van der Waals surface area (Å²) in [5, 5.41) is 6.68. The molecule has 124 valence electrons. The number of aryl methyl sites for hydroxylation is 1. The van der Waals surface area contributed by atoms with Crippen molar-refractivity contribution in [1.82, 2.24) is 10.6 Å². The van der Waals surface area contributed by atoms with E-state index in [0.717, 1.165) is 51.5 Å². The summed E-state index contributed by atoms with van der Waals surface area (Å²) in [6.07, 6.45) is 3.60. The molecule has 0 aromatic heterocycles. The molecule has 1 aliphatic heterocycles. The van der Waals surface area contributed by atoms with E-state index in [9.17, 15) is 0 Å². The van der Waals surface area contributed by atoms with Crippen LogP contribution in [-0.2, 0) is 11.2 Å². The van der Waals surface area contributed by atoms with E-state index in [2.05, 4.69) is 53.7 Å². The maximum Gasteiger partial charge on any atom is 0.191 e. The van der Waals surface area contributed by atoms with Crippen LogP contribution in [0, 0.1) is 6.92 Å². The predicted octanol–water partition coefficient (Wildman–Crippen LogP) is 2.89. The number of aliphatic imine (C=N–C) groups is 1. The number of halogens is 1. The second-order valence-corrected chi connectivity index (χ2v) is 5.52. The van der Waals surface area contributed by atoms with Crippen molar-refractivity contribution in [3.8, 4) is 0 Å². The number of nitrogens with zero attached hydrogens (tertiary/aromatic N) is 1. The summed E-state index contributed by atoms with van der Waals surface area (Å²) in [5.74, 6) is 0.889. The van der Waals surface area contributed by atoms with Crippen LogP contribution >= 0.6 is 24.0 Å². The Bertz CT molecular complexity index is 442. The molecule has 0 bridgehead atoms. The molecule has 22 heavy (non-hydrogen) atoms. The molecule has 1 heterocycles. The SMILES string of the molecule is CCNC(=NCC1CCCO1)NCCc1ccc(C)cc1.I. The van der Waals surface area contributed by atoms with Crippen LogP contribution in [0.15, 0.2) is 29.3 Å². The second kappa shape index (κ2) is 10.8. The topological polar surface area (TPSA) is 45.7 Å². The molecular weight excluding hydrogens is 389 g/mol. The van der Waals surface area contributed by atoms with E-state index in [1.165, 1.54) is 11.1 Å². The molecule has 1 atom stereocenters. The van der Waals surface area contributed by atoms with Gasteiger partial charge in [0.1, 0.15) is 0 Å². The Morgan fingerprint density at radius 1 is 1.27 bits per heavy atom. The third-order valence-electron chi connectivity index (χ3n) is 3.65. The van der Waals surface area contributed by atoms with Crippen molar-refractivity contribution in [2.75, 3.05) is 26.2 Å². The zero-order valence-corrected chi connectivity index (χ0v) is 15.9. The minimum atomic E-state index is 0. The average molecular weight is 417 g/mol. The summed E-state index contributed by atoms with van der Waals surface area (Å²) in [7, 11) is 0. The molecule has 0 aliphatic carbocycles. The molecule has 0 saturated carbocycles. The second-order valence-electron chi connectivity index (χ2n) is 5.52. The van der Waals surface area contributed by atoms with E-state index in [0.29, 0.717) is 6.10 Å². The molecule has 1 saturated heterocycles. The lowest BCUT2D eigenvalue weighted by molar-refractivity contribution is 0.117. The Balaban J connectivity index is 0.00000242. The first-order valence-corrected chi connectivity index (χ1v) is 7.97. The van der Waals surface area contributed by atoms with Crippen molar-refractivity contribution in [1.29, 1.82) is 0 Å². The fraction of sp³-hybridized carbons (Fsp3) is 0.588. The molecule has 0 amide bonds. The first-order valence-electron chi connectivity index (χ1n) is 7.97. The van der Waals surface area contributed by atoms with Gasteiger partial charge in [-0.25, -0.2) is 0 Å². The molecule has 1 unspecified atom stereocenters. The van der Waals surface area contributed by atoms with Crippen molar-refractivity contribution in [2.45, 2.75) is 39.2 Å². The Hall–Kier alpha value is -0.820. The van der Waals surface area contributed by atoms with Crippen LogP contribution in [0.5, 0.6) is 0 Å². The minimum Gasteiger partial charge on any atom is -0.376 e. The first-order chi connectivity index (χ1) is 10.3. The largest absolute Gasteiger partial charge is 0.376 e. The quantitative estimate of drug-likeness (QED) is 0.425. The van der Waals surface area contributed by atoms with Gasteiger partial charge in [-0.1, -0.05) is 29.8 Å². The zero-order chi connectivity index (χ0) is 14.9. The van der Waals surface area contributed by atoms with E-state index in [1.807, 2.05) is 0 Å². The summed E-state index contributed by atoms with van der Waals surface area (Å²) in [6, 6.07) is 8.69. The Morgan fingerprint density at radius 2 is 2.05 bits per heavy atom. The van der Waals surface area contributed by atoms with Gasteiger partial charge in [-0.05, 0) is 38.7 Å². The fourth-order valence-corrected chi connectivity index (χ4v) is 2.40. The molecule has 5 heteroatoms. The molecule has 0 radical (unpaired) electrons. The Morgan fingerprint density at radius 3 is 2.68 bits per heavy atom. The van der Waals surface area contributed by atoms with Gasteiger partial charge in [-0.2, -0.15) is 0 Å². The molecule has 2 rings (SSSR count). The number of rotatable bonds is 6. The van der Waals surface area contributed by atoms with Gasteiger partial charge in [0.2, 0.25) is 0 Å². The smallest absolute Gasteiger partial charge is 0.191 e. The highest BCUT2D eigenvalue weighted by Gasteiger charge is 2.14.